The molecule has 3 heterocycles. The normalized spacial score (nSPS) is 27.9. The van der Waals surface area contributed by atoms with Crippen molar-refractivity contribution in [1.82, 2.24) is 9.88 Å². The average molecular weight is 306 g/mol. The third kappa shape index (κ3) is 2.27. The number of rotatable bonds is 4. The maximum atomic E-state index is 11.7. The molecular formula is C16H22N2O4. The van der Waals surface area contributed by atoms with E-state index in [-0.39, 0.29) is 5.92 Å². The summed E-state index contributed by atoms with van der Waals surface area (Å²) >= 11 is 0. The van der Waals surface area contributed by atoms with Crippen LogP contribution in [-0.2, 0) is 16.1 Å². The number of hydrogen-bond donors (Lipinski definition) is 1. The van der Waals surface area contributed by atoms with Crippen LogP contribution < -0.4 is 4.74 Å². The largest absolute Gasteiger partial charge is 0.496 e. The number of hydrogen-bond acceptors (Lipinski definition) is 5. The van der Waals surface area contributed by atoms with Gasteiger partial charge >= 0.3 is 5.97 Å². The molecule has 2 aliphatic rings. The van der Waals surface area contributed by atoms with Crippen molar-refractivity contribution in [1.29, 1.82) is 0 Å². The van der Waals surface area contributed by atoms with Gasteiger partial charge in [-0.15, -0.1) is 0 Å². The molecule has 0 radical (unpaired) electrons. The lowest BCUT2D eigenvalue weighted by atomic mass is 9.81. The summed E-state index contributed by atoms with van der Waals surface area (Å²) in [5, 5.41) is 9.59. The molecule has 2 aliphatic heterocycles. The number of pyridine rings is 1. The van der Waals surface area contributed by atoms with Gasteiger partial charge in [0, 0.05) is 42.9 Å². The van der Waals surface area contributed by atoms with Gasteiger partial charge in [-0.1, -0.05) is 0 Å². The first kappa shape index (κ1) is 15.2. The van der Waals surface area contributed by atoms with Gasteiger partial charge in [0.15, 0.2) is 0 Å². The number of aromatic nitrogens is 1. The van der Waals surface area contributed by atoms with E-state index in [0.29, 0.717) is 26.3 Å². The second-order valence-electron chi connectivity index (χ2n) is 6.39. The Labute approximate surface area is 130 Å². The number of methoxy groups -OCH3 is 1. The molecule has 0 saturated carbocycles. The van der Waals surface area contributed by atoms with Gasteiger partial charge in [0.05, 0.1) is 26.0 Å². The Morgan fingerprint density at radius 2 is 2.36 bits per heavy atom. The highest BCUT2D eigenvalue weighted by Crippen LogP contribution is 2.42. The quantitative estimate of drug-likeness (QED) is 0.902. The number of carboxylic acids is 1. The lowest BCUT2D eigenvalue weighted by Gasteiger charge is -2.22. The molecule has 3 rings (SSSR count). The van der Waals surface area contributed by atoms with Crippen LogP contribution in [0.3, 0.4) is 0 Å². The van der Waals surface area contributed by atoms with Crippen LogP contribution in [0.1, 0.15) is 16.8 Å². The second-order valence-corrected chi connectivity index (χ2v) is 6.39. The van der Waals surface area contributed by atoms with Gasteiger partial charge in [-0.05, 0) is 13.8 Å². The minimum Gasteiger partial charge on any atom is -0.496 e. The number of aliphatic carboxylic acids is 1. The first-order valence-corrected chi connectivity index (χ1v) is 7.50. The average Bonchev–Trinajstić information content (AvgIpc) is 3.00. The Morgan fingerprint density at radius 1 is 1.59 bits per heavy atom. The van der Waals surface area contributed by atoms with Crippen LogP contribution in [-0.4, -0.2) is 54.4 Å². The summed E-state index contributed by atoms with van der Waals surface area (Å²) in [6.07, 6.45) is 1.81. The molecule has 1 aromatic rings. The SMILES string of the molecule is COc1c(C)cnc(CN2CC3COC[C@]3(C(=O)O)C2)c1C. The Kier molecular flexibility index (Phi) is 3.82. The summed E-state index contributed by atoms with van der Waals surface area (Å²) in [5.41, 5.74) is 2.24. The molecule has 6 heteroatoms. The Hall–Kier alpha value is -1.66. The van der Waals surface area contributed by atoms with E-state index in [1.54, 1.807) is 7.11 Å². The number of carbonyl (C=O) groups is 1. The molecule has 6 nitrogen and oxygen atoms in total. The van der Waals surface area contributed by atoms with E-state index in [2.05, 4.69) is 9.88 Å². The molecule has 120 valence electrons. The van der Waals surface area contributed by atoms with E-state index in [4.69, 9.17) is 9.47 Å². The second kappa shape index (κ2) is 5.52. The fourth-order valence-corrected chi connectivity index (χ4v) is 3.70. The van der Waals surface area contributed by atoms with Crippen LogP contribution in [0.5, 0.6) is 5.75 Å². The van der Waals surface area contributed by atoms with Crippen LogP contribution >= 0.6 is 0 Å². The van der Waals surface area contributed by atoms with E-state index >= 15 is 0 Å². The van der Waals surface area contributed by atoms with E-state index in [9.17, 15) is 9.90 Å². The van der Waals surface area contributed by atoms with Gasteiger partial charge in [-0.3, -0.25) is 14.7 Å². The number of ether oxygens (including phenoxy) is 2. The van der Waals surface area contributed by atoms with E-state index < -0.39 is 11.4 Å². The number of carboxylic acid groups (broad SMARTS) is 1. The lowest BCUT2D eigenvalue weighted by Crippen LogP contribution is -2.39. The fourth-order valence-electron chi connectivity index (χ4n) is 3.70. The molecule has 0 spiro atoms. The highest BCUT2D eigenvalue weighted by molar-refractivity contribution is 5.76. The van der Waals surface area contributed by atoms with Crippen molar-refractivity contribution >= 4 is 5.97 Å². The van der Waals surface area contributed by atoms with E-state index in [0.717, 1.165) is 29.1 Å². The maximum absolute atomic E-state index is 11.7. The predicted octanol–water partition coefficient (Wildman–Crippen LogP) is 1.24. The van der Waals surface area contributed by atoms with Crippen LogP contribution in [0.25, 0.3) is 0 Å². The molecule has 2 atom stereocenters. The summed E-state index contributed by atoms with van der Waals surface area (Å²) in [4.78, 5) is 18.4. The zero-order valence-electron chi connectivity index (χ0n) is 13.3. The highest BCUT2D eigenvalue weighted by Gasteiger charge is 2.56. The third-order valence-electron chi connectivity index (χ3n) is 4.99. The van der Waals surface area contributed by atoms with E-state index in [1.165, 1.54) is 0 Å². The standard InChI is InChI=1S/C16H22N2O4/c1-10-4-17-13(11(2)14(10)21-3)6-18-5-12-7-22-9-16(12,8-18)15(19)20/h4,12H,5-9H2,1-3H3,(H,19,20)/t12?,16-/m1/s1. The van der Waals surface area contributed by atoms with Crippen LogP contribution in [0.15, 0.2) is 6.20 Å². The predicted molar refractivity (Wildman–Crippen MR) is 79.9 cm³/mol. The van der Waals surface area contributed by atoms with Gasteiger partial charge in [0.25, 0.3) is 0 Å². The zero-order valence-corrected chi connectivity index (χ0v) is 13.3. The van der Waals surface area contributed by atoms with Crippen LogP contribution in [0.2, 0.25) is 0 Å². The van der Waals surface area contributed by atoms with Crippen molar-refractivity contribution in [3.63, 3.8) is 0 Å². The van der Waals surface area contributed by atoms with Gasteiger partial charge in [0.2, 0.25) is 0 Å². The molecular weight excluding hydrogens is 284 g/mol. The summed E-state index contributed by atoms with van der Waals surface area (Å²) in [6.45, 7) is 6.72. The first-order chi connectivity index (χ1) is 10.5. The maximum Gasteiger partial charge on any atom is 0.313 e. The first-order valence-electron chi connectivity index (χ1n) is 7.50. The van der Waals surface area contributed by atoms with E-state index in [1.807, 2.05) is 20.0 Å². The van der Waals surface area contributed by atoms with Gasteiger partial charge in [-0.25, -0.2) is 0 Å². The summed E-state index contributed by atoms with van der Waals surface area (Å²) in [6, 6.07) is 0. The van der Waals surface area contributed by atoms with Crippen molar-refractivity contribution < 1.29 is 19.4 Å². The van der Waals surface area contributed by atoms with Crippen LogP contribution in [0.4, 0.5) is 0 Å². The minimum absolute atomic E-state index is 0.0673. The number of aryl methyl sites for hydroxylation is 1. The molecule has 2 saturated heterocycles. The van der Waals surface area contributed by atoms with Gasteiger partial charge < -0.3 is 14.6 Å². The third-order valence-corrected chi connectivity index (χ3v) is 4.99. The zero-order chi connectivity index (χ0) is 15.9. The summed E-state index contributed by atoms with van der Waals surface area (Å²) in [7, 11) is 1.66. The summed E-state index contributed by atoms with van der Waals surface area (Å²) < 4.78 is 10.8. The molecule has 0 aliphatic carbocycles. The topological polar surface area (TPSA) is 71.9 Å². The smallest absolute Gasteiger partial charge is 0.313 e. The molecule has 22 heavy (non-hydrogen) atoms. The van der Waals surface area contributed by atoms with Crippen molar-refractivity contribution in [2.24, 2.45) is 11.3 Å². The molecule has 1 aromatic heterocycles. The summed E-state index contributed by atoms with van der Waals surface area (Å²) in [5.74, 6) is 0.182. The van der Waals surface area contributed by atoms with Crippen molar-refractivity contribution in [2.75, 3.05) is 33.4 Å². The fraction of sp³-hybridized carbons (Fsp3) is 0.625. The Bertz CT molecular complexity index is 604. The number of fused-ring (bicyclic) bond motifs is 1. The number of nitrogens with zero attached hydrogens (tertiary/aromatic N) is 2. The Morgan fingerprint density at radius 3 is 3.00 bits per heavy atom. The van der Waals surface area contributed by atoms with Gasteiger partial charge in [-0.2, -0.15) is 0 Å². The Balaban J connectivity index is 1.80. The van der Waals surface area contributed by atoms with Gasteiger partial charge in [0.1, 0.15) is 11.2 Å². The van der Waals surface area contributed by atoms with Crippen molar-refractivity contribution in [2.45, 2.75) is 20.4 Å². The highest BCUT2D eigenvalue weighted by atomic mass is 16.5. The monoisotopic (exact) mass is 306 g/mol. The molecule has 0 amide bonds. The lowest BCUT2D eigenvalue weighted by molar-refractivity contribution is -0.149. The number of likely N-dealkylation sites (tertiary alicyclic amines) is 1. The molecule has 0 bridgehead atoms. The molecule has 1 unspecified atom stereocenters. The molecule has 0 aromatic carbocycles. The van der Waals surface area contributed by atoms with Crippen molar-refractivity contribution in [3.8, 4) is 5.75 Å². The van der Waals surface area contributed by atoms with Crippen molar-refractivity contribution in [3.05, 3.63) is 23.0 Å². The molecule has 2 fully saturated rings. The minimum atomic E-state index is -0.747. The van der Waals surface area contributed by atoms with Crippen LogP contribution in [0, 0.1) is 25.2 Å². The molecule has 1 N–H and O–H groups in total.